The predicted octanol–water partition coefficient (Wildman–Crippen LogP) is -0.420. The lowest BCUT2D eigenvalue weighted by Crippen LogP contribution is -2.45. The standard InChI is InChI=1S/C9H13N3O4S/c1-3-16-9(15)7(13)5(2)11-8(14)6-4-10-17-12-6/h4-5,7,13H,3H2,1-2H3,(H,11,14). The lowest BCUT2D eigenvalue weighted by Gasteiger charge is -2.17. The molecule has 0 aliphatic rings. The van der Waals surface area contributed by atoms with Crippen molar-refractivity contribution in [3.8, 4) is 0 Å². The molecule has 0 radical (unpaired) electrons. The van der Waals surface area contributed by atoms with Crippen molar-refractivity contribution in [2.24, 2.45) is 0 Å². The summed E-state index contributed by atoms with van der Waals surface area (Å²) in [6.07, 6.45) is -0.0887. The second kappa shape index (κ2) is 6.26. The third-order valence-corrected chi connectivity index (χ3v) is 2.43. The second-order valence-electron chi connectivity index (χ2n) is 3.25. The number of ether oxygens (including phenoxy) is 1. The minimum atomic E-state index is -1.40. The van der Waals surface area contributed by atoms with E-state index in [1.54, 1.807) is 6.92 Å². The van der Waals surface area contributed by atoms with E-state index in [1.165, 1.54) is 13.1 Å². The smallest absolute Gasteiger partial charge is 0.337 e. The first-order chi connectivity index (χ1) is 8.06. The van der Waals surface area contributed by atoms with Gasteiger partial charge >= 0.3 is 5.97 Å². The molecule has 2 atom stereocenters. The number of nitrogens with zero attached hydrogens (tertiary/aromatic N) is 2. The van der Waals surface area contributed by atoms with Crippen LogP contribution in [-0.4, -0.2) is 44.5 Å². The van der Waals surface area contributed by atoms with E-state index >= 15 is 0 Å². The zero-order valence-corrected chi connectivity index (χ0v) is 10.2. The molecule has 0 saturated heterocycles. The molecule has 8 heteroatoms. The van der Waals surface area contributed by atoms with Crippen molar-refractivity contribution in [3.63, 3.8) is 0 Å². The maximum Gasteiger partial charge on any atom is 0.337 e. The first kappa shape index (κ1) is 13.5. The highest BCUT2D eigenvalue weighted by atomic mass is 32.1. The number of hydrogen-bond acceptors (Lipinski definition) is 7. The van der Waals surface area contributed by atoms with Crippen molar-refractivity contribution >= 4 is 23.6 Å². The van der Waals surface area contributed by atoms with E-state index in [9.17, 15) is 14.7 Å². The number of aromatic nitrogens is 2. The Balaban J connectivity index is 2.51. The summed E-state index contributed by atoms with van der Waals surface area (Å²) in [4.78, 5) is 22.7. The molecule has 17 heavy (non-hydrogen) atoms. The van der Waals surface area contributed by atoms with Crippen LogP contribution in [0.1, 0.15) is 24.3 Å². The number of amides is 1. The number of rotatable bonds is 5. The van der Waals surface area contributed by atoms with E-state index < -0.39 is 24.0 Å². The molecule has 0 fully saturated rings. The van der Waals surface area contributed by atoms with Crippen molar-refractivity contribution in [3.05, 3.63) is 11.9 Å². The Morgan fingerprint density at radius 1 is 1.65 bits per heavy atom. The summed E-state index contributed by atoms with van der Waals surface area (Å²) in [6.45, 7) is 3.31. The molecule has 0 aliphatic heterocycles. The summed E-state index contributed by atoms with van der Waals surface area (Å²) in [7, 11) is 0. The Labute approximate surface area is 102 Å². The van der Waals surface area contributed by atoms with Crippen molar-refractivity contribution in [2.75, 3.05) is 6.61 Å². The Kier molecular flexibility index (Phi) is 4.98. The van der Waals surface area contributed by atoms with Gasteiger partial charge in [-0.05, 0) is 13.8 Å². The lowest BCUT2D eigenvalue weighted by atomic mass is 10.2. The van der Waals surface area contributed by atoms with E-state index in [0.717, 1.165) is 11.7 Å². The van der Waals surface area contributed by atoms with Gasteiger partial charge in [-0.2, -0.15) is 8.75 Å². The number of aliphatic hydroxyl groups is 1. The summed E-state index contributed by atoms with van der Waals surface area (Å²) < 4.78 is 12.0. The number of carbonyl (C=O) groups excluding carboxylic acids is 2. The zero-order valence-electron chi connectivity index (χ0n) is 9.41. The number of nitrogens with one attached hydrogen (secondary N) is 1. The molecular formula is C9H13N3O4S. The van der Waals surface area contributed by atoms with E-state index in [-0.39, 0.29) is 12.3 Å². The highest BCUT2D eigenvalue weighted by Gasteiger charge is 2.25. The highest BCUT2D eigenvalue weighted by molar-refractivity contribution is 6.99. The Morgan fingerprint density at radius 3 is 2.88 bits per heavy atom. The second-order valence-corrected chi connectivity index (χ2v) is 3.81. The molecule has 7 nitrogen and oxygen atoms in total. The van der Waals surface area contributed by atoms with Gasteiger partial charge in [-0.3, -0.25) is 4.79 Å². The van der Waals surface area contributed by atoms with Crippen molar-refractivity contribution in [2.45, 2.75) is 26.0 Å². The maximum atomic E-state index is 11.5. The number of carbonyl (C=O) groups is 2. The molecule has 94 valence electrons. The van der Waals surface area contributed by atoms with Gasteiger partial charge in [-0.1, -0.05) is 0 Å². The topological polar surface area (TPSA) is 101 Å². The van der Waals surface area contributed by atoms with Crippen LogP contribution in [0.15, 0.2) is 6.20 Å². The van der Waals surface area contributed by atoms with Crippen LogP contribution < -0.4 is 5.32 Å². The molecule has 0 bridgehead atoms. The third-order valence-electron chi connectivity index (χ3n) is 1.95. The average Bonchev–Trinajstić information content (AvgIpc) is 2.81. The fourth-order valence-electron chi connectivity index (χ4n) is 1.06. The summed E-state index contributed by atoms with van der Waals surface area (Å²) in [5.74, 6) is -1.26. The van der Waals surface area contributed by atoms with Crippen LogP contribution in [0.25, 0.3) is 0 Å². The van der Waals surface area contributed by atoms with Crippen LogP contribution >= 0.6 is 11.7 Å². The molecule has 0 aromatic carbocycles. The van der Waals surface area contributed by atoms with Gasteiger partial charge in [0.15, 0.2) is 11.8 Å². The van der Waals surface area contributed by atoms with Gasteiger partial charge in [0.25, 0.3) is 5.91 Å². The molecule has 0 spiro atoms. The van der Waals surface area contributed by atoms with E-state index in [2.05, 4.69) is 18.8 Å². The van der Waals surface area contributed by atoms with Gasteiger partial charge in [0.05, 0.1) is 30.6 Å². The maximum absolute atomic E-state index is 11.5. The van der Waals surface area contributed by atoms with Gasteiger partial charge in [0.2, 0.25) is 0 Å². The largest absolute Gasteiger partial charge is 0.464 e. The van der Waals surface area contributed by atoms with Gasteiger partial charge < -0.3 is 15.2 Å². The van der Waals surface area contributed by atoms with Gasteiger partial charge in [0.1, 0.15) is 0 Å². The fourth-order valence-corrected chi connectivity index (χ4v) is 1.47. The average molecular weight is 259 g/mol. The van der Waals surface area contributed by atoms with Gasteiger partial charge in [0, 0.05) is 0 Å². The summed E-state index contributed by atoms with van der Waals surface area (Å²) in [5.41, 5.74) is 0.151. The molecule has 2 unspecified atom stereocenters. The quantitative estimate of drug-likeness (QED) is 0.696. The minimum Gasteiger partial charge on any atom is -0.464 e. The third kappa shape index (κ3) is 3.75. The summed E-state index contributed by atoms with van der Waals surface area (Å²) in [6, 6.07) is -0.761. The first-order valence-electron chi connectivity index (χ1n) is 4.99. The Morgan fingerprint density at radius 2 is 2.35 bits per heavy atom. The van der Waals surface area contributed by atoms with Crippen molar-refractivity contribution < 1.29 is 19.4 Å². The summed E-state index contributed by atoms with van der Waals surface area (Å²) >= 11 is 0.903. The monoisotopic (exact) mass is 259 g/mol. The molecule has 1 rings (SSSR count). The molecule has 0 saturated carbocycles. The SMILES string of the molecule is CCOC(=O)C(O)C(C)NC(=O)c1cnsn1. The molecule has 1 amide bonds. The van der Waals surface area contributed by atoms with Gasteiger partial charge in [-0.25, -0.2) is 4.79 Å². The van der Waals surface area contributed by atoms with Crippen LogP contribution in [0.4, 0.5) is 0 Å². The zero-order chi connectivity index (χ0) is 12.8. The molecule has 2 N–H and O–H groups in total. The summed E-state index contributed by atoms with van der Waals surface area (Å²) in [5, 5.41) is 12.0. The van der Waals surface area contributed by atoms with E-state index in [0.29, 0.717) is 0 Å². The number of hydrogen-bond donors (Lipinski definition) is 2. The van der Waals surface area contributed by atoms with E-state index in [1.807, 2.05) is 0 Å². The molecule has 0 aliphatic carbocycles. The van der Waals surface area contributed by atoms with Crippen LogP contribution in [0.2, 0.25) is 0 Å². The Hall–Kier alpha value is -1.54. The molecule has 1 aromatic rings. The van der Waals surface area contributed by atoms with E-state index in [4.69, 9.17) is 0 Å². The van der Waals surface area contributed by atoms with Crippen molar-refractivity contribution in [1.82, 2.24) is 14.1 Å². The van der Waals surface area contributed by atoms with Crippen LogP contribution in [-0.2, 0) is 9.53 Å². The fraction of sp³-hybridized carbons (Fsp3) is 0.556. The number of aliphatic hydroxyl groups excluding tert-OH is 1. The van der Waals surface area contributed by atoms with Crippen molar-refractivity contribution in [1.29, 1.82) is 0 Å². The lowest BCUT2D eigenvalue weighted by molar-refractivity contribution is -0.154. The normalized spacial score (nSPS) is 13.8. The van der Waals surface area contributed by atoms with Crippen LogP contribution in [0, 0.1) is 0 Å². The molecular weight excluding hydrogens is 246 g/mol. The predicted molar refractivity (Wildman–Crippen MR) is 59.5 cm³/mol. The molecule has 1 aromatic heterocycles. The minimum absolute atomic E-state index is 0.151. The first-order valence-corrected chi connectivity index (χ1v) is 5.72. The highest BCUT2D eigenvalue weighted by Crippen LogP contribution is 2.00. The Bertz CT molecular complexity index is 382. The molecule has 1 heterocycles. The van der Waals surface area contributed by atoms with Crippen LogP contribution in [0.5, 0.6) is 0 Å². The van der Waals surface area contributed by atoms with Crippen LogP contribution in [0.3, 0.4) is 0 Å². The number of esters is 1. The van der Waals surface area contributed by atoms with Gasteiger partial charge in [-0.15, -0.1) is 0 Å².